The van der Waals surface area contributed by atoms with Crippen LogP contribution in [0.25, 0.3) is 0 Å². The molecule has 47 heavy (non-hydrogen) atoms. The molecule has 12 nitrogen and oxygen atoms in total. The van der Waals surface area contributed by atoms with E-state index >= 15 is 0 Å². The van der Waals surface area contributed by atoms with E-state index in [0.29, 0.717) is 18.5 Å². The van der Waals surface area contributed by atoms with Crippen LogP contribution in [0.3, 0.4) is 0 Å². The predicted molar refractivity (Wildman–Crippen MR) is 177 cm³/mol. The minimum Gasteiger partial charge on any atom is -0.363 e. The van der Waals surface area contributed by atoms with Crippen molar-refractivity contribution >= 4 is 35.4 Å². The highest BCUT2D eigenvalue weighted by Gasteiger charge is 2.70. The van der Waals surface area contributed by atoms with Crippen molar-refractivity contribution in [3.05, 3.63) is 35.9 Å². The lowest BCUT2D eigenvalue weighted by atomic mass is 9.85. The summed E-state index contributed by atoms with van der Waals surface area (Å²) in [5.74, 6) is -2.92. The van der Waals surface area contributed by atoms with Gasteiger partial charge < -0.3 is 31.9 Å². The van der Waals surface area contributed by atoms with Crippen molar-refractivity contribution < 1.29 is 28.8 Å². The monoisotopic (exact) mass is 652 g/mol. The largest absolute Gasteiger partial charge is 0.363 e. The van der Waals surface area contributed by atoms with Gasteiger partial charge in [-0.1, -0.05) is 86.4 Å². The van der Waals surface area contributed by atoms with Gasteiger partial charge in [-0.3, -0.25) is 24.0 Å². The van der Waals surface area contributed by atoms with Gasteiger partial charge in [-0.25, -0.2) is 4.79 Å². The van der Waals surface area contributed by atoms with Crippen LogP contribution in [0, 0.1) is 34.0 Å². The van der Waals surface area contributed by atoms with Crippen LogP contribution in [-0.4, -0.2) is 77.6 Å². The molecule has 12 heteroatoms. The molecule has 6 atom stereocenters. The summed E-state index contributed by atoms with van der Waals surface area (Å²) in [6, 6.07) is 4.85. The minimum atomic E-state index is -1.10. The van der Waals surface area contributed by atoms with Gasteiger partial charge in [0.1, 0.15) is 12.1 Å². The minimum absolute atomic E-state index is 0.0730. The Kier molecular flexibility index (Phi) is 10.1. The van der Waals surface area contributed by atoms with Crippen LogP contribution < -0.4 is 27.0 Å². The zero-order valence-corrected chi connectivity index (χ0v) is 28.9. The maximum absolute atomic E-state index is 14.3. The normalized spacial score (nSPS) is 23.4. The molecular formula is C35H52N6O6. The molecule has 1 heterocycles. The van der Waals surface area contributed by atoms with Crippen LogP contribution in [0.1, 0.15) is 85.0 Å². The van der Waals surface area contributed by atoms with Crippen molar-refractivity contribution in [2.24, 2.45) is 39.7 Å². The standard InChI is InChI=1S/C35H52N6O6/c1-33(2,3)23(17-37-29(44)20-12-10-9-11-13-20)39-32(47)40-27(34(4,5)6)31(46)41-18-21-24(35(21,7)8)25(41)30(45)38-22(16-19-14-15-19)26(42)28(36)43/h9-13,19,21-25,27H,14-18H2,1-8H3,(H2,36,43)(H,37,44)(H,38,45)(H2,39,40,47)/t21-,22?,23+,24-,25-,27+/m0/s1. The Bertz CT molecular complexity index is 1390. The lowest BCUT2D eigenvalue weighted by Crippen LogP contribution is -2.62. The van der Waals surface area contributed by atoms with Gasteiger partial charge in [0.2, 0.25) is 17.6 Å². The van der Waals surface area contributed by atoms with Gasteiger partial charge in [0.25, 0.3) is 11.8 Å². The first-order chi connectivity index (χ1) is 21.7. The molecule has 6 amide bonds. The summed E-state index contributed by atoms with van der Waals surface area (Å²) >= 11 is 0. The summed E-state index contributed by atoms with van der Waals surface area (Å²) in [5.41, 5.74) is 4.45. The number of nitrogens with two attached hydrogens (primary N) is 1. The fraction of sp³-hybridized carbons (Fsp3) is 0.657. The van der Waals surface area contributed by atoms with Crippen molar-refractivity contribution in [1.82, 2.24) is 26.2 Å². The molecule has 0 bridgehead atoms. The highest BCUT2D eigenvalue weighted by molar-refractivity contribution is 6.37. The second-order valence-electron chi connectivity index (χ2n) is 16.3. The number of piperidine rings is 1. The van der Waals surface area contributed by atoms with E-state index in [1.807, 2.05) is 47.6 Å². The molecule has 3 aliphatic rings. The van der Waals surface area contributed by atoms with Crippen molar-refractivity contribution in [1.29, 1.82) is 0 Å². The Morgan fingerprint density at radius 2 is 1.53 bits per heavy atom. The molecule has 1 unspecified atom stereocenters. The molecule has 258 valence electrons. The van der Waals surface area contributed by atoms with Gasteiger partial charge in [-0.15, -0.1) is 0 Å². The molecule has 2 aliphatic carbocycles. The fourth-order valence-corrected chi connectivity index (χ4v) is 6.77. The Morgan fingerprint density at radius 1 is 0.915 bits per heavy atom. The second kappa shape index (κ2) is 13.3. The van der Waals surface area contributed by atoms with Gasteiger partial charge in [0, 0.05) is 18.7 Å². The predicted octanol–water partition coefficient (Wildman–Crippen LogP) is 2.37. The number of benzene rings is 1. The SMILES string of the molecule is CC(C)(C)[C@H](NC(=O)N[C@H](CNC(=O)c1ccccc1)C(C)(C)C)C(=O)N1C[C@H]2[C@@H]([C@H]1C(=O)NC(CC1CC1)C(=O)C(N)=O)C2(C)C. The first kappa shape index (κ1) is 35.9. The van der Waals surface area contributed by atoms with Gasteiger partial charge in [-0.2, -0.15) is 0 Å². The first-order valence-electron chi connectivity index (χ1n) is 16.6. The molecule has 1 aromatic rings. The van der Waals surface area contributed by atoms with Crippen LogP contribution >= 0.6 is 0 Å². The highest BCUT2D eigenvalue weighted by atomic mass is 16.2. The number of hydrogen-bond donors (Lipinski definition) is 5. The second-order valence-corrected chi connectivity index (χ2v) is 16.3. The third-order valence-corrected chi connectivity index (χ3v) is 10.1. The van der Waals surface area contributed by atoms with Crippen molar-refractivity contribution in [2.75, 3.05) is 13.1 Å². The zero-order chi connectivity index (χ0) is 35.1. The van der Waals surface area contributed by atoms with Gasteiger partial charge in [0.05, 0.1) is 12.1 Å². The molecule has 0 spiro atoms. The zero-order valence-electron chi connectivity index (χ0n) is 28.9. The van der Waals surface area contributed by atoms with E-state index in [1.165, 1.54) is 4.90 Å². The average molecular weight is 653 g/mol. The number of hydrogen-bond acceptors (Lipinski definition) is 6. The highest BCUT2D eigenvalue weighted by Crippen LogP contribution is 2.65. The summed E-state index contributed by atoms with van der Waals surface area (Å²) in [6.07, 6.45) is 2.17. The maximum Gasteiger partial charge on any atom is 0.315 e. The van der Waals surface area contributed by atoms with E-state index in [0.717, 1.165) is 12.8 Å². The van der Waals surface area contributed by atoms with Gasteiger partial charge in [-0.05, 0) is 52.6 Å². The van der Waals surface area contributed by atoms with Gasteiger partial charge >= 0.3 is 6.03 Å². The fourth-order valence-electron chi connectivity index (χ4n) is 6.77. The van der Waals surface area contributed by atoms with Crippen LogP contribution in [0.15, 0.2) is 30.3 Å². The smallest absolute Gasteiger partial charge is 0.315 e. The number of fused-ring (bicyclic) bond motifs is 1. The maximum atomic E-state index is 14.3. The number of nitrogens with zero attached hydrogens (tertiary/aromatic N) is 1. The average Bonchev–Trinajstić information content (AvgIpc) is 3.83. The van der Waals surface area contributed by atoms with Crippen molar-refractivity contribution in [2.45, 2.75) is 98.8 Å². The number of likely N-dealkylation sites (tertiary alicyclic amines) is 1. The molecule has 1 saturated heterocycles. The quantitative estimate of drug-likeness (QED) is 0.216. The number of amides is 6. The molecule has 6 N–H and O–H groups in total. The van der Waals surface area contributed by atoms with Crippen LogP contribution in [-0.2, 0) is 19.2 Å². The number of carbonyl (C=O) groups excluding carboxylic acids is 6. The molecule has 0 radical (unpaired) electrons. The Morgan fingerprint density at radius 3 is 2.06 bits per heavy atom. The lowest BCUT2D eigenvalue weighted by molar-refractivity contribution is -0.145. The summed E-state index contributed by atoms with van der Waals surface area (Å²) in [6.45, 7) is 15.9. The van der Waals surface area contributed by atoms with Gasteiger partial charge in [0.15, 0.2) is 0 Å². The number of carbonyl (C=O) groups is 6. The number of Topliss-reactive ketones (excluding diaryl/α,β-unsaturated/α-hetero) is 1. The summed E-state index contributed by atoms with van der Waals surface area (Å²) < 4.78 is 0. The third kappa shape index (κ3) is 8.31. The topological polar surface area (TPSA) is 180 Å². The third-order valence-electron chi connectivity index (χ3n) is 10.1. The number of ketones is 1. The molecule has 3 fully saturated rings. The van der Waals surface area contributed by atoms with Crippen LogP contribution in [0.2, 0.25) is 0 Å². The van der Waals surface area contributed by atoms with Crippen LogP contribution in [0.5, 0.6) is 0 Å². The van der Waals surface area contributed by atoms with Crippen molar-refractivity contribution in [3.63, 3.8) is 0 Å². The summed E-state index contributed by atoms with van der Waals surface area (Å²) in [5, 5.41) is 11.5. The Hall–Kier alpha value is -3.96. The molecule has 1 aromatic carbocycles. The number of primary amides is 1. The van der Waals surface area contributed by atoms with E-state index in [-0.39, 0.29) is 35.6 Å². The van der Waals surface area contributed by atoms with Crippen molar-refractivity contribution in [3.8, 4) is 0 Å². The Labute approximate surface area is 277 Å². The number of rotatable bonds is 12. The molecule has 1 aliphatic heterocycles. The molecule has 0 aromatic heterocycles. The van der Waals surface area contributed by atoms with Crippen LogP contribution in [0.4, 0.5) is 4.79 Å². The molecule has 4 rings (SSSR count). The van der Waals surface area contributed by atoms with E-state index < -0.39 is 64.5 Å². The summed E-state index contributed by atoms with van der Waals surface area (Å²) in [4.78, 5) is 80.3. The first-order valence-corrected chi connectivity index (χ1v) is 16.6. The number of nitrogens with one attached hydrogen (secondary N) is 4. The van der Waals surface area contributed by atoms with E-state index in [2.05, 4.69) is 35.1 Å². The Balaban J connectivity index is 1.49. The number of urea groups is 1. The molecular weight excluding hydrogens is 600 g/mol. The lowest BCUT2D eigenvalue weighted by Gasteiger charge is -2.38. The summed E-state index contributed by atoms with van der Waals surface area (Å²) in [7, 11) is 0. The van der Waals surface area contributed by atoms with E-state index in [4.69, 9.17) is 5.73 Å². The molecule has 2 saturated carbocycles. The van der Waals surface area contributed by atoms with E-state index in [9.17, 15) is 28.8 Å². The van der Waals surface area contributed by atoms with E-state index in [1.54, 1.807) is 24.3 Å².